The van der Waals surface area contributed by atoms with Gasteiger partial charge in [-0.1, -0.05) is 11.6 Å². The molecule has 0 aliphatic heterocycles. The lowest BCUT2D eigenvalue weighted by Crippen LogP contribution is -2.33. The number of hydrogen-bond acceptors (Lipinski definition) is 5. The maximum Gasteiger partial charge on any atom is 0.157 e. The largest absolute Gasteiger partial charge is 0.383 e. The van der Waals surface area contributed by atoms with Crippen LogP contribution >= 0.6 is 11.6 Å². The van der Waals surface area contributed by atoms with Crippen LogP contribution in [-0.4, -0.2) is 35.8 Å². The van der Waals surface area contributed by atoms with Crippen molar-refractivity contribution in [3.63, 3.8) is 0 Å². The Balaban J connectivity index is 2.72. The lowest BCUT2D eigenvalue weighted by Gasteiger charge is -2.25. The number of aromatic nitrogens is 2. The molecule has 0 unspecified atom stereocenters. The van der Waals surface area contributed by atoms with E-state index in [1.54, 1.807) is 7.05 Å². The predicted octanol–water partition coefficient (Wildman–Crippen LogP) is 2.40. The van der Waals surface area contributed by atoms with Gasteiger partial charge in [0.1, 0.15) is 12.0 Å². The predicted molar refractivity (Wildman–Crippen MR) is 70.8 cm³/mol. The Morgan fingerprint density at radius 2 is 2.12 bits per heavy atom. The normalized spacial score (nSPS) is 11.4. The second-order valence-corrected chi connectivity index (χ2v) is 4.54. The van der Waals surface area contributed by atoms with Gasteiger partial charge in [0.05, 0.1) is 5.60 Å². The maximum atomic E-state index is 5.96. The fraction of sp³-hybridized carbons (Fsp3) is 0.636. The number of hydrogen-bond donors (Lipinski definition) is 2. The molecule has 0 aliphatic rings. The zero-order chi connectivity index (χ0) is 12.9. The Hall–Kier alpha value is -1.07. The summed E-state index contributed by atoms with van der Waals surface area (Å²) in [7, 11) is 1.78. The first-order valence-electron chi connectivity index (χ1n) is 5.56. The molecular formula is C11H19ClN4O. The highest BCUT2D eigenvalue weighted by molar-refractivity contribution is 6.32. The molecule has 2 N–H and O–H groups in total. The molecular weight excluding hydrogens is 240 g/mol. The van der Waals surface area contributed by atoms with Gasteiger partial charge in [0, 0.05) is 20.2 Å². The van der Waals surface area contributed by atoms with E-state index < -0.39 is 0 Å². The molecule has 0 spiro atoms. The number of halogens is 1. The van der Waals surface area contributed by atoms with Crippen LogP contribution in [0.3, 0.4) is 0 Å². The topological polar surface area (TPSA) is 59.1 Å². The van der Waals surface area contributed by atoms with Crippen molar-refractivity contribution in [3.05, 3.63) is 11.5 Å². The van der Waals surface area contributed by atoms with Gasteiger partial charge in [0.2, 0.25) is 0 Å². The third-order valence-corrected chi connectivity index (χ3v) is 2.55. The molecule has 0 aromatic carbocycles. The van der Waals surface area contributed by atoms with E-state index in [-0.39, 0.29) is 5.60 Å². The molecule has 0 saturated heterocycles. The number of ether oxygens (including phenoxy) is 1. The minimum atomic E-state index is -0.253. The Labute approximate surface area is 107 Å². The van der Waals surface area contributed by atoms with Gasteiger partial charge >= 0.3 is 0 Å². The first kappa shape index (κ1) is 14.0. The van der Waals surface area contributed by atoms with Crippen LogP contribution in [-0.2, 0) is 4.74 Å². The highest BCUT2D eigenvalue weighted by Gasteiger charge is 2.18. The number of nitrogens with one attached hydrogen (secondary N) is 2. The van der Waals surface area contributed by atoms with Crippen molar-refractivity contribution in [3.8, 4) is 0 Å². The van der Waals surface area contributed by atoms with Crippen LogP contribution in [0.15, 0.2) is 6.33 Å². The molecule has 5 nitrogen and oxygen atoms in total. The number of rotatable bonds is 6. The monoisotopic (exact) mass is 258 g/mol. The summed E-state index contributed by atoms with van der Waals surface area (Å²) < 4.78 is 5.60. The van der Waals surface area contributed by atoms with Gasteiger partial charge < -0.3 is 15.4 Å². The van der Waals surface area contributed by atoms with Crippen molar-refractivity contribution < 1.29 is 4.74 Å². The quantitative estimate of drug-likeness (QED) is 0.768. The summed E-state index contributed by atoms with van der Waals surface area (Å²) in [5.74, 6) is 0.681. The molecule has 1 heterocycles. The van der Waals surface area contributed by atoms with Crippen molar-refractivity contribution in [1.29, 1.82) is 0 Å². The summed E-state index contributed by atoms with van der Waals surface area (Å²) in [5, 5.41) is 6.58. The molecule has 0 fully saturated rings. The molecule has 0 saturated carbocycles. The van der Waals surface area contributed by atoms with E-state index in [1.165, 1.54) is 6.33 Å². The van der Waals surface area contributed by atoms with Gasteiger partial charge in [-0.2, -0.15) is 0 Å². The molecule has 0 radical (unpaired) electrons. The molecule has 0 atom stereocenters. The van der Waals surface area contributed by atoms with Gasteiger partial charge in [-0.25, -0.2) is 9.97 Å². The molecule has 0 amide bonds. The molecule has 6 heteroatoms. The van der Waals surface area contributed by atoms with Crippen molar-refractivity contribution in [2.45, 2.75) is 26.4 Å². The van der Waals surface area contributed by atoms with Crippen LogP contribution in [0.5, 0.6) is 0 Å². The summed E-state index contributed by atoms with van der Waals surface area (Å²) in [4.78, 5) is 8.06. The van der Waals surface area contributed by atoms with Gasteiger partial charge in [-0.15, -0.1) is 0 Å². The standard InChI is InChI=1S/C11H19ClN4O/c1-5-17-11(2,3)6-14-10-8(13-4)9(12)15-7-16-10/h7,13H,5-6H2,1-4H3,(H,14,15,16). The zero-order valence-electron chi connectivity index (χ0n) is 10.7. The van der Waals surface area contributed by atoms with E-state index in [9.17, 15) is 0 Å². The highest BCUT2D eigenvalue weighted by Crippen LogP contribution is 2.25. The summed E-state index contributed by atoms with van der Waals surface area (Å²) in [5.41, 5.74) is 0.443. The van der Waals surface area contributed by atoms with E-state index in [4.69, 9.17) is 16.3 Å². The molecule has 1 aromatic heterocycles. The van der Waals surface area contributed by atoms with Crippen molar-refractivity contribution >= 4 is 23.1 Å². The minimum Gasteiger partial charge on any atom is -0.383 e. The second kappa shape index (κ2) is 6.02. The Morgan fingerprint density at radius 3 is 2.71 bits per heavy atom. The Bertz CT molecular complexity index is 370. The van der Waals surface area contributed by atoms with Crippen LogP contribution < -0.4 is 10.6 Å². The molecule has 17 heavy (non-hydrogen) atoms. The summed E-state index contributed by atoms with van der Waals surface area (Å²) >= 11 is 5.96. The molecule has 1 rings (SSSR count). The van der Waals surface area contributed by atoms with Crippen LogP contribution in [0.2, 0.25) is 5.15 Å². The average Bonchev–Trinajstić information content (AvgIpc) is 2.26. The molecule has 96 valence electrons. The zero-order valence-corrected chi connectivity index (χ0v) is 11.4. The van der Waals surface area contributed by atoms with E-state index in [0.29, 0.717) is 29.8 Å². The summed E-state index contributed by atoms with van der Waals surface area (Å²) in [6.07, 6.45) is 1.43. The highest BCUT2D eigenvalue weighted by atomic mass is 35.5. The van der Waals surface area contributed by atoms with Gasteiger partial charge in [0.25, 0.3) is 0 Å². The van der Waals surface area contributed by atoms with E-state index in [0.717, 1.165) is 0 Å². The molecule has 1 aromatic rings. The average molecular weight is 259 g/mol. The second-order valence-electron chi connectivity index (χ2n) is 4.18. The van der Waals surface area contributed by atoms with Crippen LogP contribution in [0.25, 0.3) is 0 Å². The minimum absolute atomic E-state index is 0.253. The number of anilines is 2. The third kappa shape index (κ3) is 4.02. The first-order chi connectivity index (χ1) is 8.00. The molecule has 0 aliphatic carbocycles. The van der Waals surface area contributed by atoms with E-state index >= 15 is 0 Å². The lowest BCUT2D eigenvalue weighted by molar-refractivity contribution is 0.000652. The van der Waals surface area contributed by atoms with Gasteiger partial charge in [-0.05, 0) is 20.8 Å². The molecule has 0 bridgehead atoms. The number of nitrogens with zero attached hydrogens (tertiary/aromatic N) is 2. The van der Waals surface area contributed by atoms with Crippen LogP contribution in [0.1, 0.15) is 20.8 Å². The third-order valence-electron chi connectivity index (χ3n) is 2.27. The fourth-order valence-corrected chi connectivity index (χ4v) is 1.69. The van der Waals surface area contributed by atoms with Gasteiger partial charge in [0.15, 0.2) is 11.0 Å². The lowest BCUT2D eigenvalue weighted by atomic mass is 10.1. The van der Waals surface area contributed by atoms with E-state index in [1.807, 2.05) is 20.8 Å². The van der Waals surface area contributed by atoms with Crippen molar-refractivity contribution in [2.75, 3.05) is 30.8 Å². The first-order valence-corrected chi connectivity index (χ1v) is 5.94. The van der Waals surface area contributed by atoms with Crippen molar-refractivity contribution in [1.82, 2.24) is 9.97 Å². The Kier molecular flexibility index (Phi) is 4.96. The maximum absolute atomic E-state index is 5.96. The Morgan fingerprint density at radius 1 is 1.41 bits per heavy atom. The SMILES string of the molecule is CCOC(C)(C)CNc1ncnc(Cl)c1NC. The van der Waals surface area contributed by atoms with E-state index in [2.05, 4.69) is 20.6 Å². The summed E-state index contributed by atoms with van der Waals surface area (Å²) in [6.45, 7) is 7.33. The van der Waals surface area contributed by atoms with Gasteiger partial charge in [-0.3, -0.25) is 0 Å². The smallest absolute Gasteiger partial charge is 0.157 e. The van der Waals surface area contributed by atoms with Crippen molar-refractivity contribution in [2.24, 2.45) is 0 Å². The fourth-order valence-electron chi connectivity index (χ4n) is 1.46. The van der Waals surface area contributed by atoms with Crippen LogP contribution in [0.4, 0.5) is 11.5 Å². The summed E-state index contributed by atoms with van der Waals surface area (Å²) in [6, 6.07) is 0. The van der Waals surface area contributed by atoms with Crippen LogP contribution in [0, 0.1) is 0 Å².